The van der Waals surface area contributed by atoms with Crippen LogP contribution in [-0.2, 0) is 4.79 Å². The number of rotatable bonds is 3. The van der Waals surface area contributed by atoms with Gasteiger partial charge in [0.25, 0.3) is 5.91 Å². The average molecular weight is 556 g/mol. The van der Waals surface area contributed by atoms with Gasteiger partial charge in [0.15, 0.2) is 5.75 Å². The molecule has 0 radical (unpaired) electrons. The van der Waals surface area contributed by atoms with E-state index in [9.17, 15) is 9.59 Å². The number of amides is 2. The molecule has 2 fully saturated rings. The number of piperazine rings is 1. The summed E-state index contributed by atoms with van der Waals surface area (Å²) in [6.45, 7) is 12.7. The number of carbonyl (C=O) groups is 2. The summed E-state index contributed by atoms with van der Waals surface area (Å²) >= 11 is 6.90. The molecule has 3 aliphatic rings. The van der Waals surface area contributed by atoms with Gasteiger partial charge in [-0.15, -0.1) is 0 Å². The van der Waals surface area contributed by atoms with Gasteiger partial charge in [-0.05, 0) is 45.0 Å². The van der Waals surface area contributed by atoms with E-state index in [-0.39, 0.29) is 58.5 Å². The van der Waals surface area contributed by atoms with Crippen molar-refractivity contribution in [2.24, 2.45) is 5.92 Å². The molecule has 0 N–H and O–H groups in total. The molecule has 10 heteroatoms. The van der Waals surface area contributed by atoms with E-state index >= 15 is 4.39 Å². The number of nitrogens with zero attached hydrogens (tertiary/aromatic N) is 5. The Hall–Kier alpha value is -3.17. The van der Waals surface area contributed by atoms with Gasteiger partial charge in [0.2, 0.25) is 5.91 Å². The molecular weight excluding hydrogens is 521 g/mol. The first kappa shape index (κ1) is 27.4. The lowest BCUT2D eigenvalue weighted by molar-refractivity contribution is -0.128. The first-order chi connectivity index (χ1) is 18.6. The number of hydrogen-bond donors (Lipinski definition) is 0. The third kappa shape index (κ3) is 4.76. The molecule has 2 saturated heterocycles. The van der Waals surface area contributed by atoms with E-state index in [1.807, 2.05) is 0 Å². The molecule has 3 aliphatic heterocycles. The third-order valence-corrected chi connectivity index (χ3v) is 9.09. The maximum atomic E-state index is 15.0. The summed E-state index contributed by atoms with van der Waals surface area (Å²) in [6.07, 6.45) is 1.28. The second-order valence-electron chi connectivity index (χ2n) is 10.7. The summed E-state index contributed by atoms with van der Waals surface area (Å²) in [4.78, 5) is 39.4. The molecular formula is C29H35ClFN5O3. The van der Waals surface area contributed by atoms with Crippen molar-refractivity contribution in [1.82, 2.24) is 19.7 Å². The van der Waals surface area contributed by atoms with Crippen molar-refractivity contribution in [1.29, 1.82) is 0 Å². The number of ether oxygens (including phenoxy) is 1. The maximum absolute atomic E-state index is 15.0. The van der Waals surface area contributed by atoms with Crippen LogP contribution >= 0.6 is 11.6 Å². The normalized spacial score (nSPS) is 25.8. The molecule has 4 atom stereocenters. The van der Waals surface area contributed by atoms with E-state index in [0.29, 0.717) is 43.6 Å². The molecule has 1 aromatic carbocycles. The summed E-state index contributed by atoms with van der Waals surface area (Å²) in [5.74, 6) is 0.0333. The molecule has 0 spiro atoms. The fourth-order valence-electron chi connectivity index (χ4n) is 5.88. The highest BCUT2D eigenvalue weighted by molar-refractivity contribution is 6.35. The smallest absolute Gasteiger partial charge is 0.261 e. The van der Waals surface area contributed by atoms with Crippen LogP contribution in [0.1, 0.15) is 31.1 Å². The van der Waals surface area contributed by atoms with E-state index < -0.39 is 5.82 Å². The predicted octanol–water partition coefficient (Wildman–Crippen LogP) is 3.94. The molecule has 0 bridgehead atoms. The first-order valence-electron chi connectivity index (χ1n) is 13.4. The lowest BCUT2D eigenvalue weighted by Gasteiger charge is -2.40. The standard InChI is InChI=1S/C29H35ClFN5O3/c1-6-23(37)34-12-14-36-20(15-34)16-39-27-24(29(36)38)28(35-13-11-33(5)18(3)17(2)19(35)4)32-26(25(27)30)21-9-7-8-10-22(21)31/h6-10,17-20H,1,11-16H2,2-5H3/t17?,18?,19-,20?/m0/s1. The fourth-order valence-corrected chi connectivity index (χ4v) is 6.17. The molecule has 39 heavy (non-hydrogen) atoms. The lowest BCUT2D eigenvalue weighted by Crippen LogP contribution is -2.57. The highest BCUT2D eigenvalue weighted by atomic mass is 35.5. The number of anilines is 1. The monoisotopic (exact) mass is 555 g/mol. The van der Waals surface area contributed by atoms with Crippen LogP contribution in [0.4, 0.5) is 10.2 Å². The maximum Gasteiger partial charge on any atom is 0.261 e. The molecule has 208 valence electrons. The Morgan fingerprint density at radius 1 is 1.13 bits per heavy atom. The summed E-state index contributed by atoms with van der Waals surface area (Å²) in [5.41, 5.74) is 0.779. The van der Waals surface area contributed by atoms with Crippen LogP contribution in [0, 0.1) is 11.7 Å². The molecule has 2 amide bonds. The highest BCUT2D eigenvalue weighted by Crippen LogP contribution is 2.45. The van der Waals surface area contributed by atoms with Gasteiger partial charge in [-0.2, -0.15) is 0 Å². The van der Waals surface area contributed by atoms with Crippen LogP contribution < -0.4 is 9.64 Å². The van der Waals surface area contributed by atoms with Gasteiger partial charge in [-0.25, -0.2) is 9.37 Å². The van der Waals surface area contributed by atoms with Crippen LogP contribution in [0.3, 0.4) is 0 Å². The molecule has 0 aliphatic carbocycles. The Morgan fingerprint density at radius 3 is 2.56 bits per heavy atom. The largest absolute Gasteiger partial charge is 0.489 e. The Labute approximate surface area is 234 Å². The van der Waals surface area contributed by atoms with E-state index in [1.165, 1.54) is 12.1 Å². The van der Waals surface area contributed by atoms with Crippen molar-refractivity contribution in [3.63, 3.8) is 0 Å². The highest BCUT2D eigenvalue weighted by Gasteiger charge is 2.42. The van der Waals surface area contributed by atoms with Crippen LogP contribution in [0.25, 0.3) is 11.3 Å². The summed E-state index contributed by atoms with van der Waals surface area (Å²) < 4.78 is 21.3. The van der Waals surface area contributed by atoms with Crippen molar-refractivity contribution in [3.05, 3.63) is 53.3 Å². The molecule has 0 saturated carbocycles. The minimum absolute atomic E-state index is 0.0325. The predicted molar refractivity (Wildman–Crippen MR) is 150 cm³/mol. The summed E-state index contributed by atoms with van der Waals surface area (Å²) in [6, 6.07) is 6.32. The molecule has 8 nitrogen and oxygen atoms in total. The van der Waals surface area contributed by atoms with Gasteiger partial charge >= 0.3 is 0 Å². The SMILES string of the molecule is C=CC(=O)N1CCN2C(=O)c3c(N4CCN(C)C(C)C(C)[C@@H]4C)nc(-c4ccccc4F)c(Cl)c3OCC2C1. The zero-order chi connectivity index (χ0) is 28.0. The average Bonchev–Trinajstić information content (AvgIpc) is 3.14. The first-order valence-corrected chi connectivity index (χ1v) is 13.8. The Balaban J connectivity index is 1.67. The number of carbonyl (C=O) groups excluding carboxylic acids is 2. The van der Waals surface area contributed by atoms with Gasteiger partial charge in [0, 0.05) is 50.4 Å². The topological polar surface area (TPSA) is 69.2 Å². The van der Waals surface area contributed by atoms with Gasteiger partial charge in [0.05, 0.1) is 11.7 Å². The van der Waals surface area contributed by atoms with Gasteiger partial charge in [-0.3, -0.25) is 9.59 Å². The second-order valence-corrected chi connectivity index (χ2v) is 11.1. The van der Waals surface area contributed by atoms with Crippen molar-refractivity contribution in [3.8, 4) is 17.0 Å². The van der Waals surface area contributed by atoms with Crippen molar-refractivity contribution in [2.45, 2.75) is 38.9 Å². The van der Waals surface area contributed by atoms with Gasteiger partial charge < -0.3 is 24.3 Å². The third-order valence-electron chi connectivity index (χ3n) is 8.74. The zero-order valence-corrected chi connectivity index (χ0v) is 23.6. The molecule has 2 aromatic rings. The Kier molecular flexibility index (Phi) is 7.57. The number of likely N-dealkylation sites (N-methyl/N-ethyl adjacent to an activating group) is 1. The summed E-state index contributed by atoms with van der Waals surface area (Å²) in [7, 11) is 2.10. The van der Waals surface area contributed by atoms with Crippen LogP contribution in [-0.4, -0.2) is 96.0 Å². The van der Waals surface area contributed by atoms with E-state index in [2.05, 4.69) is 44.2 Å². The van der Waals surface area contributed by atoms with E-state index in [4.69, 9.17) is 21.3 Å². The fraction of sp³-hybridized carbons (Fsp3) is 0.483. The van der Waals surface area contributed by atoms with E-state index in [1.54, 1.807) is 28.0 Å². The Bertz CT molecular complexity index is 1310. The lowest BCUT2D eigenvalue weighted by atomic mass is 9.94. The Morgan fingerprint density at radius 2 is 1.85 bits per heavy atom. The van der Waals surface area contributed by atoms with E-state index in [0.717, 1.165) is 6.54 Å². The van der Waals surface area contributed by atoms with Crippen molar-refractivity contribution >= 4 is 29.2 Å². The quantitative estimate of drug-likeness (QED) is 0.535. The summed E-state index contributed by atoms with van der Waals surface area (Å²) in [5, 5.41) is 0.104. The number of pyridine rings is 1. The van der Waals surface area contributed by atoms with Crippen LogP contribution in [0.2, 0.25) is 5.02 Å². The molecule has 4 heterocycles. The van der Waals surface area contributed by atoms with Crippen molar-refractivity contribution < 1.29 is 18.7 Å². The van der Waals surface area contributed by atoms with Crippen molar-refractivity contribution in [2.75, 3.05) is 51.3 Å². The second kappa shape index (κ2) is 10.8. The van der Waals surface area contributed by atoms with Gasteiger partial charge in [-0.1, -0.05) is 37.2 Å². The number of benzene rings is 1. The van der Waals surface area contributed by atoms with Crippen LogP contribution in [0.15, 0.2) is 36.9 Å². The number of hydrogen-bond acceptors (Lipinski definition) is 6. The molecule has 3 unspecified atom stereocenters. The number of halogens is 2. The minimum Gasteiger partial charge on any atom is -0.489 e. The molecule has 5 rings (SSSR count). The number of aromatic nitrogens is 1. The molecule has 1 aromatic heterocycles. The van der Waals surface area contributed by atoms with Gasteiger partial charge in [0.1, 0.15) is 28.8 Å². The van der Waals surface area contributed by atoms with Crippen LogP contribution in [0.5, 0.6) is 5.75 Å². The minimum atomic E-state index is -0.459. The number of fused-ring (bicyclic) bond motifs is 2. The zero-order valence-electron chi connectivity index (χ0n) is 22.9.